The SMILES string of the molecule is CC1C2CC(C(C)C2(C)O)C1(C)C. The van der Waals surface area contributed by atoms with E-state index in [-0.39, 0.29) is 0 Å². The van der Waals surface area contributed by atoms with Gasteiger partial charge in [0.1, 0.15) is 0 Å². The summed E-state index contributed by atoms with van der Waals surface area (Å²) in [5.74, 6) is 2.40. The molecular weight excluding hydrogens is 160 g/mol. The predicted octanol–water partition coefficient (Wildman–Crippen LogP) is 2.69. The molecule has 2 aliphatic rings. The summed E-state index contributed by atoms with van der Waals surface area (Å²) in [6.07, 6.45) is 1.24. The molecule has 0 heterocycles. The van der Waals surface area contributed by atoms with E-state index in [1.807, 2.05) is 6.92 Å². The molecule has 5 unspecified atom stereocenters. The quantitative estimate of drug-likeness (QED) is 0.610. The first-order valence-electron chi connectivity index (χ1n) is 5.52. The molecule has 13 heavy (non-hydrogen) atoms. The van der Waals surface area contributed by atoms with Gasteiger partial charge >= 0.3 is 0 Å². The van der Waals surface area contributed by atoms with Gasteiger partial charge in [-0.05, 0) is 42.4 Å². The van der Waals surface area contributed by atoms with E-state index in [1.165, 1.54) is 6.42 Å². The van der Waals surface area contributed by atoms with Crippen LogP contribution in [0.2, 0.25) is 0 Å². The van der Waals surface area contributed by atoms with Gasteiger partial charge in [0, 0.05) is 0 Å². The summed E-state index contributed by atoms with van der Waals surface area (Å²) in [5.41, 5.74) is 0.0337. The first-order chi connectivity index (χ1) is 5.79. The normalized spacial score (nSPS) is 58.6. The zero-order valence-corrected chi connectivity index (χ0v) is 9.46. The van der Waals surface area contributed by atoms with Crippen LogP contribution in [-0.4, -0.2) is 10.7 Å². The van der Waals surface area contributed by atoms with E-state index < -0.39 is 5.60 Å². The van der Waals surface area contributed by atoms with Crippen LogP contribution in [0.25, 0.3) is 0 Å². The number of hydrogen-bond acceptors (Lipinski definition) is 1. The fourth-order valence-electron chi connectivity index (χ4n) is 3.98. The Hall–Kier alpha value is -0.0400. The van der Waals surface area contributed by atoms with Gasteiger partial charge in [-0.25, -0.2) is 0 Å². The summed E-state index contributed by atoms with van der Waals surface area (Å²) >= 11 is 0. The maximum absolute atomic E-state index is 10.4. The first-order valence-corrected chi connectivity index (χ1v) is 5.52. The van der Waals surface area contributed by atoms with E-state index in [1.54, 1.807) is 0 Å². The summed E-state index contributed by atoms with van der Waals surface area (Å²) in [7, 11) is 0. The van der Waals surface area contributed by atoms with Gasteiger partial charge < -0.3 is 5.11 Å². The van der Waals surface area contributed by atoms with Gasteiger partial charge in [0.05, 0.1) is 5.60 Å². The molecule has 5 atom stereocenters. The second-order valence-electron chi connectivity index (χ2n) is 6.07. The summed E-state index contributed by atoms with van der Waals surface area (Å²) in [5, 5.41) is 10.4. The third kappa shape index (κ3) is 0.918. The summed E-state index contributed by atoms with van der Waals surface area (Å²) in [6.45, 7) is 11.3. The summed E-state index contributed by atoms with van der Waals surface area (Å²) in [6, 6.07) is 0. The second-order valence-corrected chi connectivity index (χ2v) is 6.07. The minimum absolute atomic E-state index is 0.403. The molecule has 2 aliphatic carbocycles. The topological polar surface area (TPSA) is 20.2 Å². The zero-order valence-electron chi connectivity index (χ0n) is 9.46. The second kappa shape index (κ2) is 2.31. The van der Waals surface area contributed by atoms with Crippen LogP contribution in [0.1, 0.15) is 41.0 Å². The van der Waals surface area contributed by atoms with Crippen molar-refractivity contribution in [1.82, 2.24) is 0 Å². The lowest BCUT2D eigenvalue weighted by Gasteiger charge is -2.47. The molecule has 2 fully saturated rings. The lowest BCUT2D eigenvalue weighted by atomic mass is 9.61. The molecule has 1 N–H and O–H groups in total. The van der Waals surface area contributed by atoms with E-state index in [0.717, 1.165) is 5.92 Å². The van der Waals surface area contributed by atoms with Crippen LogP contribution in [0.5, 0.6) is 0 Å². The maximum Gasteiger partial charge on any atom is 0.0678 e. The van der Waals surface area contributed by atoms with E-state index in [4.69, 9.17) is 0 Å². The molecule has 0 radical (unpaired) electrons. The van der Waals surface area contributed by atoms with Gasteiger partial charge in [0.25, 0.3) is 0 Å². The van der Waals surface area contributed by atoms with Crippen molar-refractivity contribution in [3.8, 4) is 0 Å². The highest BCUT2D eigenvalue weighted by Crippen LogP contribution is 2.65. The van der Waals surface area contributed by atoms with Crippen LogP contribution < -0.4 is 0 Å². The molecule has 1 heteroatoms. The Morgan fingerprint density at radius 2 is 1.54 bits per heavy atom. The highest BCUT2D eigenvalue weighted by Gasteiger charge is 2.63. The highest BCUT2D eigenvalue weighted by molar-refractivity contribution is 5.12. The molecule has 2 bridgehead atoms. The molecule has 0 aromatic carbocycles. The Bertz CT molecular complexity index is 205. The van der Waals surface area contributed by atoms with E-state index in [0.29, 0.717) is 23.2 Å². The third-order valence-corrected chi connectivity index (χ3v) is 5.52. The number of rotatable bonds is 0. The zero-order chi connectivity index (χ0) is 10.0. The minimum Gasteiger partial charge on any atom is -0.390 e. The molecular formula is C12H22O. The van der Waals surface area contributed by atoms with E-state index >= 15 is 0 Å². The maximum atomic E-state index is 10.4. The first kappa shape index (κ1) is 9.51. The van der Waals surface area contributed by atoms with Crippen LogP contribution in [-0.2, 0) is 0 Å². The average Bonchev–Trinajstić information content (AvgIpc) is 2.35. The van der Waals surface area contributed by atoms with Crippen molar-refractivity contribution in [2.75, 3.05) is 0 Å². The number of hydrogen-bond donors (Lipinski definition) is 1. The molecule has 1 nitrogen and oxygen atoms in total. The van der Waals surface area contributed by atoms with Gasteiger partial charge in [-0.3, -0.25) is 0 Å². The summed E-state index contributed by atoms with van der Waals surface area (Å²) in [4.78, 5) is 0. The Kier molecular flexibility index (Phi) is 1.69. The molecule has 0 aromatic rings. The van der Waals surface area contributed by atoms with Crippen molar-refractivity contribution < 1.29 is 5.11 Å². The largest absolute Gasteiger partial charge is 0.390 e. The van der Waals surface area contributed by atoms with Gasteiger partial charge in [0.2, 0.25) is 0 Å². The van der Waals surface area contributed by atoms with Crippen molar-refractivity contribution in [1.29, 1.82) is 0 Å². The third-order valence-electron chi connectivity index (χ3n) is 5.52. The average molecular weight is 182 g/mol. The Morgan fingerprint density at radius 1 is 1.00 bits per heavy atom. The monoisotopic (exact) mass is 182 g/mol. The van der Waals surface area contributed by atoms with Gasteiger partial charge in [-0.1, -0.05) is 27.7 Å². The lowest BCUT2D eigenvalue weighted by Crippen LogP contribution is -2.48. The van der Waals surface area contributed by atoms with Crippen LogP contribution >= 0.6 is 0 Å². The number of fused-ring (bicyclic) bond motifs is 2. The van der Waals surface area contributed by atoms with Gasteiger partial charge in [0.15, 0.2) is 0 Å². The molecule has 76 valence electrons. The minimum atomic E-state index is -0.403. The smallest absolute Gasteiger partial charge is 0.0678 e. The van der Waals surface area contributed by atoms with Crippen molar-refractivity contribution >= 4 is 0 Å². The van der Waals surface area contributed by atoms with Crippen molar-refractivity contribution in [2.24, 2.45) is 29.1 Å². The Labute approximate surface area is 81.5 Å². The van der Waals surface area contributed by atoms with Gasteiger partial charge in [-0.2, -0.15) is 0 Å². The summed E-state index contributed by atoms with van der Waals surface area (Å²) < 4.78 is 0. The molecule has 2 saturated carbocycles. The van der Waals surface area contributed by atoms with Crippen LogP contribution in [0.15, 0.2) is 0 Å². The predicted molar refractivity (Wildman–Crippen MR) is 54.3 cm³/mol. The fraction of sp³-hybridized carbons (Fsp3) is 1.00. The van der Waals surface area contributed by atoms with Crippen LogP contribution in [0.3, 0.4) is 0 Å². The lowest BCUT2D eigenvalue weighted by molar-refractivity contribution is -0.0943. The molecule has 0 aromatic heterocycles. The van der Waals surface area contributed by atoms with E-state index in [2.05, 4.69) is 27.7 Å². The molecule has 2 rings (SSSR count). The van der Waals surface area contributed by atoms with Crippen molar-refractivity contribution in [2.45, 2.75) is 46.6 Å². The molecule has 0 saturated heterocycles. The van der Waals surface area contributed by atoms with Gasteiger partial charge in [-0.15, -0.1) is 0 Å². The van der Waals surface area contributed by atoms with Crippen LogP contribution in [0.4, 0.5) is 0 Å². The molecule has 0 amide bonds. The van der Waals surface area contributed by atoms with Crippen molar-refractivity contribution in [3.05, 3.63) is 0 Å². The highest BCUT2D eigenvalue weighted by atomic mass is 16.3. The molecule has 0 spiro atoms. The standard InChI is InChI=1S/C12H22O/c1-7-10-6-9(11(7,3)4)8(2)12(10,5)13/h7-10,13H,6H2,1-5H3. The fourth-order valence-corrected chi connectivity index (χ4v) is 3.98. The Balaban J connectivity index is 2.37. The van der Waals surface area contributed by atoms with E-state index in [9.17, 15) is 5.11 Å². The Morgan fingerprint density at radius 3 is 1.92 bits per heavy atom. The van der Waals surface area contributed by atoms with Crippen molar-refractivity contribution in [3.63, 3.8) is 0 Å². The molecule has 0 aliphatic heterocycles. The number of aliphatic hydroxyl groups is 1. The van der Waals surface area contributed by atoms with Crippen LogP contribution in [0, 0.1) is 29.1 Å².